The smallest absolute Gasteiger partial charge is 0.310 e. The average molecular weight is 414 g/mol. The van der Waals surface area contributed by atoms with Crippen LogP contribution in [0.15, 0.2) is 34.9 Å². The van der Waals surface area contributed by atoms with E-state index in [-0.39, 0.29) is 19.0 Å². The van der Waals surface area contributed by atoms with Crippen LogP contribution in [-0.2, 0) is 22.6 Å². The topological polar surface area (TPSA) is 48.7 Å². The number of benzene rings is 2. The van der Waals surface area contributed by atoms with E-state index in [1.807, 2.05) is 6.92 Å². The van der Waals surface area contributed by atoms with Crippen molar-refractivity contribution >= 4 is 51.7 Å². The fraction of sp³-hybridized carbons (Fsp3) is 0.211. The minimum atomic E-state index is -0.348. The summed E-state index contributed by atoms with van der Waals surface area (Å²) >= 11 is 18.5. The molecule has 136 valence electrons. The van der Waals surface area contributed by atoms with Gasteiger partial charge in [-0.1, -0.05) is 40.9 Å². The number of halogens is 3. The molecule has 26 heavy (non-hydrogen) atoms. The van der Waals surface area contributed by atoms with Crippen molar-refractivity contribution in [3.05, 3.63) is 62.3 Å². The molecule has 3 aromatic rings. The van der Waals surface area contributed by atoms with Crippen molar-refractivity contribution in [2.75, 3.05) is 7.11 Å². The monoisotopic (exact) mass is 412 g/mol. The maximum absolute atomic E-state index is 11.5. The molecule has 0 aliphatic carbocycles. The Balaban J connectivity index is 1.90. The van der Waals surface area contributed by atoms with Crippen molar-refractivity contribution in [2.24, 2.45) is 0 Å². The number of hydrogen-bond donors (Lipinski definition) is 0. The van der Waals surface area contributed by atoms with Gasteiger partial charge in [0.2, 0.25) is 0 Å². The number of carbonyl (C=O) groups excluding carboxylic acids is 1. The van der Waals surface area contributed by atoms with E-state index in [2.05, 4.69) is 0 Å². The SMILES string of the molecule is COC(=O)Cc1coc2c(C)c(OCc3ccc(Cl)cc3Cl)c(Cl)cc12. The second kappa shape index (κ2) is 7.78. The summed E-state index contributed by atoms with van der Waals surface area (Å²) in [4.78, 5) is 11.5. The minimum Gasteiger partial charge on any atom is -0.487 e. The first-order valence-electron chi connectivity index (χ1n) is 7.73. The Bertz CT molecular complexity index is 979. The Morgan fingerprint density at radius 2 is 1.88 bits per heavy atom. The quantitative estimate of drug-likeness (QED) is 0.482. The van der Waals surface area contributed by atoms with E-state index in [9.17, 15) is 4.79 Å². The Morgan fingerprint density at radius 1 is 1.12 bits per heavy atom. The zero-order valence-corrected chi connectivity index (χ0v) is 16.3. The number of furan rings is 1. The van der Waals surface area contributed by atoms with Crippen LogP contribution in [0.3, 0.4) is 0 Å². The number of methoxy groups -OCH3 is 1. The number of aryl methyl sites for hydroxylation is 1. The van der Waals surface area contributed by atoms with Gasteiger partial charge in [0.15, 0.2) is 0 Å². The zero-order chi connectivity index (χ0) is 18.8. The summed E-state index contributed by atoms with van der Waals surface area (Å²) in [6.07, 6.45) is 1.64. The number of carbonyl (C=O) groups is 1. The molecule has 4 nitrogen and oxygen atoms in total. The van der Waals surface area contributed by atoms with Crippen molar-refractivity contribution in [1.82, 2.24) is 0 Å². The van der Waals surface area contributed by atoms with Crippen LogP contribution in [-0.4, -0.2) is 13.1 Å². The number of hydrogen-bond acceptors (Lipinski definition) is 4. The molecule has 0 aliphatic rings. The molecular formula is C19H15Cl3O4. The molecule has 3 rings (SSSR count). The van der Waals surface area contributed by atoms with Gasteiger partial charge < -0.3 is 13.9 Å². The van der Waals surface area contributed by atoms with Crippen molar-refractivity contribution in [2.45, 2.75) is 20.0 Å². The highest BCUT2D eigenvalue weighted by molar-refractivity contribution is 6.35. The molecule has 0 spiro atoms. The first kappa shape index (κ1) is 18.9. The third-order valence-corrected chi connectivity index (χ3v) is 4.90. The third kappa shape index (κ3) is 3.78. The van der Waals surface area contributed by atoms with Crippen molar-refractivity contribution in [1.29, 1.82) is 0 Å². The highest BCUT2D eigenvalue weighted by Gasteiger charge is 2.18. The molecule has 0 amide bonds. The zero-order valence-electron chi connectivity index (χ0n) is 14.1. The largest absolute Gasteiger partial charge is 0.487 e. The lowest BCUT2D eigenvalue weighted by Crippen LogP contribution is -2.04. The van der Waals surface area contributed by atoms with Crippen molar-refractivity contribution < 1.29 is 18.7 Å². The molecule has 0 fully saturated rings. The van der Waals surface area contributed by atoms with E-state index in [0.29, 0.717) is 32.0 Å². The van der Waals surface area contributed by atoms with E-state index in [1.54, 1.807) is 24.3 Å². The summed E-state index contributed by atoms with van der Waals surface area (Å²) in [7, 11) is 1.34. The van der Waals surface area contributed by atoms with Gasteiger partial charge in [0, 0.05) is 32.1 Å². The summed E-state index contributed by atoms with van der Waals surface area (Å²) < 4.78 is 16.2. The van der Waals surface area contributed by atoms with E-state index in [4.69, 9.17) is 48.7 Å². The van der Waals surface area contributed by atoms with Gasteiger partial charge in [-0.25, -0.2) is 0 Å². The Morgan fingerprint density at radius 3 is 2.58 bits per heavy atom. The summed E-state index contributed by atoms with van der Waals surface area (Å²) in [5.41, 5.74) is 2.86. The van der Waals surface area contributed by atoms with Crippen molar-refractivity contribution in [3.8, 4) is 5.75 Å². The highest BCUT2D eigenvalue weighted by atomic mass is 35.5. The van der Waals surface area contributed by atoms with Gasteiger partial charge in [-0.05, 0) is 25.1 Å². The van der Waals surface area contributed by atoms with Crippen molar-refractivity contribution in [3.63, 3.8) is 0 Å². The second-order valence-electron chi connectivity index (χ2n) is 5.73. The predicted molar refractivity (Wildman–Crippen MR) is 102 cm³/mol. The van der Waals surface area contributed by atoms with Crippen LogP contribution in [0.2, 0.25) is 15.1 Å². The maximum Gasteiger partial charge on any atom is 0.310 e. The van der Waals surface area contributed by atoms with Gasteiger partial charge >= 0.3 is 5.97 Å². The lowest BCUT2D eigenvalue weighted by Gasteiger charge is -2.13. The molecule has 0 bridgehead atoms. The van der Waals surface area contributed by atoms with Gasteiger partial charge in [-0.2, -0.15) is 0 Å². The van der Waals surface area contributed by atoms with Gasteiger partial charge in [-0.3, -0.25) is 4.79 Å². The fourth-order valence-electron chi connectivity index (χ4n) is 2.66. The van der Waals surface area contributed by atoms with E-state index < -0.39 is 0 Å². The van der Waals surface area contributed by atoms with Crippen LogP contribution >= 0.6 is 34.8 Å². The minimum absolute atomic E-state index is 0.111. The third-order valence-electron chi connectivity index (χ3n) is 4.03. The van der Waals surface area contributed by atoms with Gasteiger partial charge in [-0.15, -0.1) is 0 Å². The number of fused-ring (bicyclic) bond motifs is 1. The van der Waals surface area contributed by atoms with Crippen LogP contribution in [0.4, 0.5) is 0 Å². The summed E-state index contributed by atoms with van der Waals surface area (Å²) in [6.45, 7) is 2.08. The molecule has 7 heteroatoms. The molecular weight excluding hydrogens is 399 g/mol. The predicted octanol–water partition coefficient (Wildman–Crippen LogP) is 6.00. The lowest BCUT2D eigenvalue weighted by molar-refractivity contribution is -0.139. The average Bonchev–Trinajstić information content (AvgIpc) is 2.99. The second-order valence-corrected chi connectivity index (χ2v) is 6.98. The maximum atomic E-state index is 11.5. The number of rotatable bonds is 5. The van der Waals surface area contributed by atoms with Gasteiger partial charge in [0.1, 0.15) is 17.9 Å². The Hall–Kier alpha value is -1.88. The fourth-order valence-corrected chi connectivity index (χ4v) is 3.42. The molecule has 0 radical (unpaired) electrons. The molecule has 1 heterocycles. The molecule has 1 aromatic heterocycles. The molecule has 0 aliphatic heterocycles. The molecule has 0 saturated carbocycles. The summed E-state index contributed by atoms with van der Waals surface area (Å²) in [6, 6.07) is 6.93. The van der Waals surface area contributed by atoms with E-state index in [1.165, 1.54) is 13.4 Å². The van der Waals surface area contributed by atoms with Crippen LogP contribution in [0.25, 0.3) is 11.0 Å². The van der Waals surface area contributed by atoms with E-state index >= 15 is 0 Å². The first-order valence-corrected chi connectivity index (χ1v) is 8.86. The Kier molecular flexibility index (Phi) is 5.66. The van der Waals surface area contributed by atoms with E-state index in [0.717, 1.165) is 16.5 Å². The van der Waals surface area contributed by atoms with Gasteiger partial charge in [0.25, 0.3) is 0 Å². The summed E-state index contributed by atoms with van der Waals surface area (Å²) in [5, 5.41) is 2.26. The summed E-state index contributed by atoms with van der Waals surface area (Å²) in [5.74, 6) is 0.156. The normalized spacial score (nSPS) is 11.0. The molecule has 0 saturated heterocycles. The van der Waals surface area contributed by atoms with Gasteiger partial charge in [0.05, 0.1) is 24.8 Å². The van der Waals surface area contributed by atoms with Crippen LogP contribution < -0.4 is 4.74 Å². The van der Waals surface area contributed by atoms with Crippen LogP contribution in [0.1, 0.15) is 16.7 Å². The molecule has 0 atom stereocenters. The van der Waals surface area contributed by atoms with Crippen LogP contribution in [0.5, 0.6) is 5.75 Å². The Labute approximate surface area is 165 Å². The number of ether oxygens (including phenoxy) is 2. The molecule has 0 unspecified atom stereocenters. The molecule has 0 N–H and O–H groups in total. The molecule has 2 aromatic carbocycles. The lowest BCUT2D eigenvalue weighted by atomic mass is 10.1. The highest BCUT2D eigenvalue weighted by Crippen LogP contribution is 2.38. The number of esters is 1. The first-order chi connectivity index (χ1) is 12.4. The van der Waals surface area contributed by atoms with Crippen LogP contribution in [0, 0.1) is 6.92 Å². The standard InChI is InChI=1S/C19H15Cl3O4/c1-10-18-14(12(9-25-18)5-17(23)24-2)7-16(22)19(10)26-8-11-3-4-13(20)6-15(11)21/h3-4,6-7,9H,5,8H2,1-2H3.